The molecule has 0 bridgehead atoms. The van der Waals surface area contributed by atoms with Gasteiger partial charge in [-0.05, 0) is 6.07 Å². The van der Waals surface area contributed by atoms with Gasteiger partial charge in [0.2, 0.25) is 0 Å². The quantitative estimate of drug-likeness (QED) is 0.639. The van der Waals surface area contributed by atoms with Crippen LogP contribution in [-0.4, -0.2) is 36.0 Å². The van der Waals surface area contributed by atoms with Gasteiger partial charge in [0.05, 0.1) is 15.9 Å². The number of carboxylic acids is 1. The zero-order valence-corrected chi connectivity index (χ0v) is 9.61. The van der Waals surface area contributed by atoms with Gasteiger partial charge >= 0.3 is 5.97 Å². The van der Waals surface area contributed by atoms with Gasteiger partial charge in [0.25, 0.3) is 5.69 Å². The summed E-state index contributed by atoms with van der Waals surface area (Å²) in [5, 5.41) is 19.5. The first-order valence-corrected chi connectivity index (χ1v) is 5.12. The Morgan fingerprint density at radius 3 is 2.16 bits per heavy atom. The Morgan fingerprint density at radius 2 is 1.79 bits per heavy atom. The third-order valence-corrected chi connectivity index (χ3v) is 2.78. The van der Waals surface area contributed by atoms with Crippen LogP contribution in [0.5, 0.6) is 0 Å². The van der Waals surface area contributed by atoms with Crippen LogP contribution in [0.25, 0.3) is 0 Å². The fourth-order valence-corrected chi connectivity index (χ4v) is 1.59. The van der Waals surface area contributed by atoms with E-state index in [9.17, 15) is 28.1 Å². The highest BCUT2D eigenvalue weighted by molar-refractivity contribution is 5.88. The number of rotatable bonds is 6. The Morgan fingerprint density at radius 1 is 1.26 bits per heavy atom. The second-order valence-electron chi connectivity index (χ2n) is 3.98. The van der Waals surface area contributed by atoms with E-state index in [0.29, 0.717) is 6.07 Å². The molecule has 0 aliphatic rings. The monoisotopic (exact) mass is 277 g/mol. The highest BCUT2D eigenvalue weighted by Crippen LogP contribution is 2.34. The average molecular weight is 277 g/mol. The van der Waals surface area contributed by atoms with Crippen molar-refractivity contribution in [2.75, 3.05) is 20.0 Å². The molecule has 0 fully saturated rings. The van der Waals surface area contributed by atoms with Gasteiger partial charge in [-0.25, -0.2) is 18.0 Å². The third-order valence-electron chi connectivity index (χ3n) is 2.78. The van der Waals surface area contributed by atoms with Crippen molar-refractivity contribution < 1.29 is 28.0 Å². The molecule has 0 unspecified atom stereocenters. The fraction of sp³-hybridized carbons (Fsp3) is 0.364. The molecule has 0 aliphatic heterocycles. The molecule has 0 aromatic heterocycles. The minimum Gasteiger partial charge on any atom is -0.478 e. The van der Waals surface area contributed by atoms with E-state index in [1.807, 2.05) is 0 Å². The number of hydrogen-bond acceptors (Lipinski definition) is 3. The van der Waals surface area contributed by atoms with Gasteiger partial charge in [0.15, 0.2) is 0 Å². The number of halogens is 3. The molecule has 1 aromatic rings. The average Bonchev–Trinajstić information content (AvgIpc) is 2.41. The van der Waals surface area contributed by atoms with Crippen molar-refractivity contribution in [3.8, 4) is 0 Å². The summed E-state index contributed by atoms with van der Waals surface area (Å²) in [7, 11) is 0. The van der Waals surface area contributed by atoms with Crippen LogP contribution in [0, 0.1) is 10.1 Å². The largest absolute Gasteiger partial charge is 0.478 e. The molecule has 8 heteroatoms. The molecule has 104 valence electrons. The van der Waals surface area contributed by atoms with Gasteiger partial charge in [-0.2, -0.15) is 0 Å². The van der Waals surface area contributed by atoms with Crippen LogP contribution in [0.2, 0.25) is 0 Å². The van der Waals surface area contributed by atoms with Crippen LogP contribution < -0.4 is 0 Å². The lowest BCUT2D eigenvalue weighted by Crippen LogP contribution is -2.34. The lowest BCUT2D eigenvalue weighted by Gasteiger charge is -2.24. The van der Waals surface area contributed by atoms with E-state index in [2.05, 4.69) is 0 Å². The second-order valence-corrected chi connectivity index (χ2v) is 3.98. The minimum absolute atomic E-state index is 0.416. The molecule has 1 aromatic carbocycles. The summed E-state index contributed by atoms with van der Waals surface area (Å²) in [6, 6.07) is 2.48. The van der Waals surface area contributed by atoms with Crippen LogP contribution in [0.15, 0.2) is 18.2 Å². The number of carbonyl (C=O) groups is 1. The molecule has 0 aliphatic carbocycles. The number of nitro benzene ring substituents is 1. The number of hydrogen-bond donors (Lipinski definition) is 1. The maximum Gasteiger partial charge on any atom is 0.335 e. The standard InChI is InChI=1S/C11H10F3NO4/c12-4-11(5-13,6-14)8-2-1-7(10(16)17)3-9(8)15(18)19/h1-3H,4-6H2,(H,16,17). The first-order chi connectivity index (χ1) is 8.91. The summed E-state index contributed by atoms with van der Waals surface area (Å²) in [6.45, 7) is -4.40. The molecule has 0 heterocycles. The summed E-state index contributed by atoms with van der Waals surface area (Å²) in [6.07, 6.45) is 0. The molecule has 0 radical (unpaired) electrons. The van der Waals surface area contributed by atoms with E-state index in [0.717, 1.165) is 12.1 Å². The molecule has 0 spiro atoms. The number of benzene rings is 1. The van der Waals surface area contributed by atoms with E-state index < -0.39 is 53.1 Å². The number of aromatic carboxylic acids is 1. The molecule has 0 atom stereocenters. The highest BCUT2D eigenvalue weighted by Gasteiger charge is 2.39. The number of nitrogens with zero attached hydrogens (tertiary/aromatic N) is 1. The normalized spacial score (nSPS) is 11.3. The summed E-state index contributed by atoms with van der Waals surface area (Å²) < 4.78 is 38.6. The first-order valence-electron chi connectivity index (χ1n) is 5.12. The maximum absolute atomic E-state index is 12.9. The fourth-order valence-electron chi connectivity index (χ4n) is 1.59. The van der Waals surface area contributed by atoms with Crippen LogP contribution in [0.4, 0.5) is 18.9 Å². The molecule has 1 rings (SSSR count). The van der Waals surface area contributed by atoms with E-state index in [1.165, 1.54) is 0 Å². The van der Waals surface area contributed by atoms with E-state index in [-0.39, 0.29) is 0 Å². The van der Waals surface area contributed by atoms with E-state index >= 15 is 0 Å². The molecule has 0 saturated carbocycles. The molecule has 0 amide bonds. The molecular formula is C11H10F3NO4. The van der Waals surface area contributed by atoms with Crippen molar-refractivity contribution in [2.45, 2.75) is 5.41 Å². The van der Waals surface area contributed by atoms with Crippen molar-refractivity contribution in [1.29, 1.82) is 0 Å². The van der Waals surface area contributed by atoms with Gasteiger partial charge in [0, 0.05) is 11.6 Å². The third kappa shape index (κ3) is 2.67. The van der Waals surface area contributed by atoms with Crippen molar-refractivity contribution in [1.82, 2.24) is 0 Å². The van der Waals surface area contributed by atoms with Gasteiger partial charge < -0.3 is 5.11 Å². The van der Waals surface area contributed by atoms with E-state index in [4.69, 9.17) is 5.11 Å². The molecule has 1 N–H and O–H groups in total. The lowest BCUT2D eigenvalue weighted by molar-refractivity contribution is -0.386. The van der Waals surface area contributed by atoms with E-state index in [1.54, 1.807) is 0 Å². The van der Waals surface area contributed by atoms with Crippen molar-refractivity contribution in [2.24, 2.45) is 0 Å². The highest BCUT2D eigenvalue weighted by atomic mass is 19.1. The molecule has 0 saturated heterocycles. The van der Waals surface area contributed by atoms with Crippen LogP contribution in [-0.2, 0) is 5.41 Å². The smallest absolute Gasteiger partial charge is 0.335 e. The Hall–Kier alpha value is -2.12. The Bertz CT molecular complexity index is 494. The minimum atomic E-state index is -2.26. The Balaban J connectivity index is 3.50. The first kappa shape index (κ1) is 14.9. The molecular weight excluding hydrogens is 267 g/mol. The van der Waals surface area contributed by atoms with Crippen molar-refractivity contribution in [3.05, 3.63) is 39.4 Å². The van der Waals surface area contributed by atoms with Gasteiger partial charge in [-0.3, -0.25) is 10.1 Å². The van der Waals surface area contributed by atoms with Crippen molar-refractivity contribution in [3.63, 3.8) is 0 Å². The van der Waals surface area contributed by atoms with Crippen LogP contribution >= 0.6 is 0 Å². The Kier molecular flexibility index (Phi) is 4.47. The van der Waals surface area contributed by atoms with Gasteiger partial charge in [-0.1, -0.05) is 6.07 Å². The van der Waals surface area contributed by atoms with Gasteiger partial charge in [-0.15, -0.1) is 0 Å². The molecule has 5 nitrogen and oxygen atoms in total. The summed E-state index contributed by atoms with van der Waals surface area (Å²) in [5.74, 6) is -1.43. The summed E-state index contributed by atoms with van der Waals surface area (Å²) >= 11 is 0. The number of alkyl halides is 3. The zero-order valence-electron chi connectivity index (χ0n) is 9.61. The number of nitro groups is 1. The van der Waals surface area contributed by atoms with Crippen molar-refractivity contribution >= 4 is 11.7 Å². The molecule has 19 heavy (non-hydrogen) atoms. The second kappa shape index (κ2) is 5.68. The van der Waals surface area contributed by atoms with Crippen LogP contribution in [0.3, 0.4) is 0 Å². The SMILES string of the molecule is O=C(O)c1ccc(C(CF)(CF)CF)c([N+](=O)[O-])c1. The Labute approximate surface area is 105 Å². The van der Waals surface area contributed by atoms with Gasteiger partial charge in [0.1, 0.15) is 20.0 Å². The van der Waals surface area contributed by atoms with Crippen LogP contribution in [0.1, 0.15) is 15.9 Å². The lowest BCUT2D eigenvalue weighted by atomic mass is 9.82. The predicted octanol–water partition coefficient (Wildman–Crippen LogP) is 2.44. The summed E-state index contributed by atoms with van der Waals surface area (Å²) in [5.41, 5.74) is -3.98. The maximum atomic E-state index is 12.9. The number of carboxylic acid groups (broad SMARTS) is 1. The predicted molar refractivity (Wildman–Crippen MR) is 59.7 cm³/mol. The topological polar surface area (TPSA) is 80.4 Å². The summed E-state index contributed by atoms with van der Waals surface area (Å²) in [4.78, 5) is 20.5. The zero-order chi connectivity index (χ0) is 14.6.